The van der Waals surface area contributed by atoms with Crippen molar-refractivity contribution in [3.63, 3.8) is 0 Å². The van der Waals surface area contributed by atoms with Crippen molar-refractivity contribution in [2.75, 3.05) is 6.54 Å². The summed E-state index contributed by atoms with van der Waals surface area (Å²) in [5.74, 6) is 2.27. The van der Waals surface area contributed by atoms with Crippen molar-refractivity contribution in [2.24, 2.45) is 0 Å². The second-order valence-corrected chi connectivity index (χ2v) is 10.7. The Labute approximate surface area is 179 Å². The highest BCUT2D eigenvalue weighted by Crippen LogP contribution is 2.53. The second-order valence-electron chi connectivity index (χ2n) is 7.27. The van der Waals surface area contributed by atoms with Crippen molar-refractivity contribution in [1.82, 2.24) is 28.8 Å². The fourth-order valence-electron chi connectivity index (χ4n) is 4.01. The van der Waals surface area contributed by atoms with E-state index in [1.165, 1.54) is 11.5 Å². The van der Waals surface area contributed by atoms with E-state index in [1.807, 2.05) is 74.5 Å². The van der Waals surface area contributed by atoms with Crippen LogP contribution >= 0.6 is 18.8 Å². The van der Waals surface area contributed by atoms with Crippen LogP contribution in [0.4, 0.5) is 0 Å². The molecule has 5 rings (SSSR count). The van der Waals surface area contributed by atoms with E-state index in [0.717, 1.165) is 33.1 Å². The number of aryl methyl sites for hydroxylation is 1. The normalized spacial score (nSPS) is 17.1. The minimum Gasteiger partial charge on any atom is -0.306 e. The van der Waals surface area contributed by atoms with Gasteiger partial charge in [-0.15, -0.1) is 10.2 Å². The second kappa shape index (κ2) is 7.54. The maximum atomic E-state index is 14.7. The average molecular weight is 436 g/mol. The van der Waals surface area contributed by atoms with Crippen LogP contribution in [0.3, 0.4) is 0 Å². The molecule has 1 atom stereocenters. The van der Waals surface area contributed by atoms with Crippen molar-refractivity contribution in [3.05, 3.63) is 72.3 Å². The van der Waals surface area contributed by atoms with Gasteiger partial charge in [0.1, 0.15) is 5.82 Å². The molecule has 0 aliphatic carbocycles. The first kappa shape index (κ1) is 19.3. The van der Waals surface area contributed by atoms with Crippen LogP contribution in [0.25, 0.3) is 10.8 Å². The molecule has 7 nitrogen and oxygen atoms in total. The highest BCUT2D eigenvalue weighted by atomic mass is 32.1. The lowest BCUT2D eigenvalue weighted by atomic mass is 10.2. The van der Waals surface area contributed by atoms with Crippen LogP contribution in [0.2, 0.25) is 0 Å². The monoisotopic (exact) mass is 436 g/mol. The molecule has 3 heterocycles. The van der Waals surface area contributed by atoms with Gasteiger partial charge in [0.2, 0.25) is 7.29 Å². The Morgan fingerprint density at radius 2 is 1.60 bits per heavy atom. The molecule has 152 valence electrons. The zero-order valence-corrected chi connectivity index (χ0v) is 18.4. The summed E-state index contributed by atoms with van der Waals surface area (Å²) < 4.78 is 23.2. The molecule has 0 N–H and O–H groups in total. The van der Waals surface area contributed by atoms with Crippen LogP contribution in [0, 0.1) is 6.92 Å². The van der Waals surface area contributed by atoms with Gasteiger partial charge in [0, 0.05) is 23.7 Å². The molecule has 0 saturated heterocycles. The van der Waals surface area contributed by atoms with Gasteiger partial charge in [-0.25, -0.2) is 9.65 Å². The Morgan fingerprint density at radius 3 is 2.17 bits per heavy atom. The first-order valence-corrected chi connectivity index (χ1v) is 12.2. The average Bonchev–Trinajstić information content (AvgIpc) is 3.41. The SMILES string of the molecule is Cc1nsc(-c2nnc3n2CCN(P(=O)(c2ccccc2)c2ccccc2)[C@@H]3C)n1. The van der Waals surface area contributed by atoms with E-state index in [2.05, 4.69) is 28.8 Å². The maximum absolute atomic E-state index is 14.7. The zero-order valence-electron chi connectivity index (χ0n) is 16.7. The van der Waals surface area contributed by atoms with Crippen molar-refractivity contribution >= 4 is 29.4 Å². The van der Waals surface area contributed by atoms with Gasteiger partial charge in [0.05, 0.1) is 6.04 Å². The van der Waals surface area contributed by atoms with Gasteiger partial charge in [0.15, 0.2) is 16.7 Å². The van der Waals surface area contributed by atoms with Crippen molar-refractivity contribution in [2.45, 2.75) is 26.4 Å². The summed E-state index contributed by atoms with van der Waals surface area (Å²) in [5, 5.41) is 11.3. The van der Waals surface area contributed by atoms with Gasteiger partial charge in [-0.2, -0.15) is 4.37 Å². The fourth-order valence-corrected chi connectivity index (χ4v) is 7.68. The Balaban J connectivity index is 1.60. The quantitative estimate of drug-likeness (QED) is 0.457. The van der Waals surface area contributed by atoms with E-state index in [1.54, 1.807) is 0 Å². The molecule has 4 aromatic rings. The summed E-state index contributed by atoms with van der Waals surface area (Å²) >= 11 is 1.33. The van der Waals surface area contributed by atoms with E-state index in [9.17, 15) is 4.57 Å². The van der Waals surface area contributed by atoms with E-state index < -0.39 is 7.29 Å². The van der Waals surface area contributed by atoms with Gasteiger partial charge < -0.3 is 4.57 Å². The van der Waals surface area contributed by atoms with E-state index >= 15 is 0 Å². The number of hydrogen-bond acceptors (Lipinski definition) is 6. The Morgan fingerprint density at radius 1 is 0.967 bits per heavy atom. The smallest absolute Gasteiger partial charge is 0.207 e. The lowest BCUT2D eigenvalue weighted by molar-refractivity contribution is 0.280. The van der Waals surface area contributed by atoms with Crippen LogP contribution in [-0.2, 0) is 11.1 Å². The maximum Gasteiger partial charge on any atom is 0.207 e. The minimum atomic E-state index is -3.04. The summed E-state index contributed by atoms with van der Waals surface area (Å²) in [4.78, 5) is 4.46. The summed E-state index contributed by atoms with van der Waals surface area (Å²) in [6, 6.07) is 19.3. The molecule has 0 amide bonds. The number of aromatic nitrogens is 5. The number of nitrogens with zero attached hydrogens (tertiary/aromatic N) is 6. The van der Waals surface area contributed by atoms with Crippen LogP contribution in [0.1, 0.15) is 24.6 Å². The molecule has 0 saturated carbocycles. The van der Waals surface area contributed by atoms with Crippen LogP contribution < -0.4 is 10.6 Å². The number of rotatable bonds is 4. The van der Waals surface area contributed by atoms with E-state index in [-0.39, 0.29) is 6.04 Å². The molecule has 0 unspecified atom stereocenters. The highest BCUT2D eigenvalue weighted by Gasteiger charge is 2.42. The third kappa shape index (κ3) is 3.03. The molecule has 2 aromatic heterocycles. The molecule has 9 heteroatoms. The van der Waals surface area contributed by atoms with Gasteiger partial charge in [0.25, 0.3) is 0 Å². The molecule has 2 aromatic carbocycles. The molecule has 0 spiro atoms. The van der Waals surface area contributed by atoms with Crippen molar-refractivity contribution < 1.29 is 4.57 Å². The molecular formula is C21H21N6OPS. The standard InChI is InChI=1S/C21H21N6OPS/c1-15-19-23-24-20(21-22-16(2)25-30-21)26(19)13-14-27(15)29(28,17-9-5-3-6-10-17)18-11-7-4-8-12-18/h3-12,15H,13-14H2,1-2H3/t15-/m1/s1. The van der Waals surface area contributed by atoms with Gasteiger partial charge in [-0.3, -0.25) is 4.57 Å². The highest BCUT2D eigenvalue weighted by molar-refractivity contribution is 7.76. The predicted octanol–water partition coefficient (Wildman–Crippen LogP) is 3.41. The molecule has 30 heavy (non-hydrogen) atoms. The predicted molar refractivity (Wildman–Crippen MR) is 119 cm³/mol. The van der Waals surface area contributed by atoms with Crippen molar-refractivity contribution in [1.29, 1.82) is 0 Å². The summed E-state index contributed by atoms with van der Waals surface area (Å²) in [7, 11) is -3.04. The fraction of sp³-hybridized carbons (Fsp3) is 0.238. The van der Waals surface area contributed by atoms with Crippen LogP contribution in [-0.4, -0.2) is 35.3 Å². The lowest BCUT2D eigenvalue weighted by Gasteiger charge is -2.39. The number of benzene rings is 2. The summed E-state index contributed by atoms with van der Waals surface area (Å²) in [6.45, 7) is 5.18. The largest absolute Gasteiger partial charge is 0.306 e. The van der Waals surface area contributed by atoms with Crippen LogP contribution in [0.15, 0.2) is 60.7 Å². The number of fused-ring (bicyclic) bond motifs is 1. The lowest BCUT2D eigenvalue weighted by Crippen LogP contribution is -2.40. The van der Waals surface area contributed by atoms with E-state index in [0.29, 0.717) is 13.1 Å². The molecule has 0 bridgehead atoms. The molecule has 0 radical (unpaired) electrons. The van der Waals surface area contributed by atoms with Gasteiger partial charge in [-0.1, -0.05) is 36.4 Å². The Hall–Kier alpha value is -2.67. The first-order valence-electron chi connectivity index (χ1n) is 9.81. The zero-order chi connectivity index (χ0) is 20.7. The molecule has 1 aliphatic rings. The summed E-state index contributed by atoms with van der Waals surface area (Å²) in [6.07, 6.45) is 0. The van der Waals surface area contributed by atoms with Gasteiger partial charge >= 0.3 is 0 Å². The molecular weight excluding hydrogens is 415 g/mol. The van der Waals surface area contributed by atoms with E-state index in [4.69, 9.17) is 0 Å². The topological polar surface area (TPSA) is 76.8 Å². The van der Waals surface area contributed by atoms with Gasteiger partial charge in [-0.05, 0) is 49.6 Å². The first-order chi connectivity index (χ1) is 14.6. The molecule has 1 aliphatic heterocycles. The van der Waals surface area contributed by atoms with Crippen molar-refractivity contribution in [3.8, 4) is 10.8 Å². The Kier molecular flexibility index (Phi) is 4.85. The minimum absolute atomic E-state index is 0.166. The molecule has 0 fully saturated rings. The summed E-state index contributed by atoms with van der Waals surface area (Å²) in [5.41, 5.74) is 0. The van der Waals surface area contributed by atoms with Crippen LogP contribution in [0.5, 0.6) is 0 Å². The number of hydrogen-bond donors (Lipinski definition) is 0. The Bertz CT molecular complexity index is 1180. The third-order valence-corrected chi connectivity index (χ3v) is 9.51. The third-order valence-electron chi connectivity index (χ3n) is 5.45.